The first-order chi connectivity index (χ1) is 9.89. The highest BCUT2D eigenvalue weighted by atomic mass is 32.1. The van der Waals surface area contributed by atoms with Crippen LogP contribution in [0.5, 0.6) is 0 Å². The fourth-order valence-electron chi connectivity index (χ4n) is 3.12. The summed E-state index contributed by atoms with van der Waals surface area (Å²) >= 11 is 5.18. The number of carbonyl (C=O) groups excluding carboxylic acids is 1. The zero-order valence-electron chi connectivity index (χ0n) is 12.9. The van der Waals surface area contributed by atoms with Gasteiger partial charge in [0.2, 0.25) is 5.91 Å². The van der Waals surface area contributed by atoms with Gasteiger partial charge in [-0.15, -0.1) is 0 Å². The van der Waals surface area contributed by atoms with E-state index in [4.69, 9.17) is 18.0 Å². The van der Waals surface area contributed by atoms with Crippen LogP contribution in [0, 0.1) is 18.3 Å². The van der Waals surface area contributed by atoms with Crippen LogP contribution in [-0.4, -0.2) is 27.3 Å². The predicted molar refractivity (Wildman–Crippen MR) is 87.7 cm³/mol. The van der Waals surface area contributed by atoms with E-state index in [1.54, 1.807) is 0 Å². The maximum atomic E-state index is 12.9. The van der Waals surface area contributed by atoms with Crippen molar-refractivity contribution >= 4 is 23.1 Å². The second-order valence-electron chi connectivity index (χ2n) is 6.05. The first-order valence-electron chi connectivity index (χ1n) is 7.41. The monoisotopic (exact) mass is 305 g/mol. The number of rotatable bonds is 5. The molecule has 1 saturated carbocycles. The van der Waals surface area contributed by atoms with Gasteiger partial charge in [-0.3, -0.25) is 9.78 Å². The zero-order valence-corrected chi connectivity index (χ0v) is 13.7. The number of aromatic nitrogens is 1. The minimum atomic E-state index is -0.630. The Morgan fingerprint density at radius 3 is 2.67 bits per heavy atom. The number of nitrogens with zero attached hydrogens (tertiary/aromatic N) is 2. The first kappa shape index (κ1) is 15.9. The van der Waals surface area contributed by atoms with Crippen molar-refractivity contribution in [1.82, 2.24) is 9.88 Å². The lowest BCUT2D eigenvalue weighted by Crippen LogP contribution is -2.56. The second kappa shape index (κ2) is 6.10. The van der Waals surface area contributed by atoms with Gasteiger partial charge in [-0.2, -0.15) is 0 Å². The molecule has 1 aromatic rings. The summed E-state index contributed by atoms with van der Waals surface area (Å²) in [6.45, 7) is 7.19. The quantitative estimate of drug-likeness (QED) is 0.849. The third-order valence-electron chi connectivity index (χ3n) is 4.24. The molecule has 1 heterocycles. The Hall–Kier alpha value is -1.49. The lowest BCUT2D eigenvalue weighted by Gasteiger charge is -2.46. The molecule has 0 bridgehead atoms. The van der Waals surface area contributed by atoms with E-state index < -0.39 is 5.41 Å². The summed E-state index contributed by atoms with van der Waals surface area (Å²) in [6, 6.07) is 5.86. The van der Waals surface area contributed by atoms with E-state index in [0.29, 0.717) is 24.0 Å². The number of thiocarbonyl (C=S) groups is 1. The van der Waals surface area contributed by atoms with Crippen molar-refractivity contribution in [3.05, 3.63) is 29.6 Å². The van der Waals surface area contributed by atoms with Gasteiger partial charge in [0.1, 0.15) is 0 Å². The molecule has 1 aliphatic carbocycles. The maximum absolute atomic E-state index is 12.9. The smallest absolute Gasteiger partial charge is 0.235 e. The predicted octanol–water partition coefficient (Wildman–Crippen LogP) is 2.44. The Labute approximate surface area is 131 Å². The molecule has 0 saturated heterocycles. The molecule has 0 unspecified atom stereocenters. The number of aryl methyl sites for hydroxylation is 1. The van der Waals surface area contributed by atoms with Gasteiger partial charge < -0.3 is 10.6 Å². The Kier molecular flexibility index (Phi) is 4.61. The van der Waals surface area contributed by atoms with Gasteiger partial charge in [-0.1, -0.05) is 25.2 Å². The average Bonchev–Trinajstić information content (AvgIpc) is 2.40. The topological polar surface area (TPSA) is 59.2 Å². The van der Waals surface area contributed by atoms with E-state index in [1.165, 1.54) is 0 Å². The lowest BCUT2D eigenvalue weighted by molar-refractivity contribution is -0.144. The summed E-state index contributed by atoms with van der Waals surface area (Å²) in [5, 5.41) is 0. The second-order valence-corrected chi connectivity index (χ2v) is 6.49. The van der Waals surface area contributed by atoms with Gasteiger partial charge in [0, 0.05) is 12.2 Å². The lowest BCUT2D eigenvalue weighted by atomic mass is 9.61. The molecular formula is C16H23N3OS. The van der Waals surface area contributed by atoms with Crippen LogP contribution in [0.25, 0.3) is 0 Å². The Morgan fingerprint density at radius 2 is 2.19 bits per heavy atom. The number of pyridine rings is 1. The standard InChI is InChI=1S/C16H23N3OS/c1-4-19(10-13-7-5-6-12(3)18-13)15(20)16(14(17)21)8-11(2)9-16/h5-7,11H,4,8-10H2,1-3H3,(H2,17,21). The van der Waals surface area contributed by atoms with Crippen LogP contribution >= 0.6 is 12.2 Å². The van der Waals surface area contributed by atoms with Gasteiger partial charge in [0.25, 0.3) is 0 Å². The number of nitrogens with two attached hydrogens (primary N) is 1. The zero-order chi connectivity index (χ0) is 15.6. The summed E-state index contributed by atoms with van der Waals surface area (Å²) in [4.78, 5) is 19.5. The van der Waals surface area contributed by atoms with E-state index in [-0.39, 0.29) is 5.91 Å². The van der Waals surface area contributed by atoms with Gasteiger partial charge in [0.15, 0.2) is 0 Å². The molecule has 21 heavy (non-hydrogen) atoms. The molecule has 2 N–H and O–H groups in total. The van der Waals surface area contributed by atoms with Crippen molar-refractivity contribution in [3.8, 4) is 0 Å². The number of amides is 1. The molecule has 114 valence electrons. The Balaban J connectivity index is 2.17. The van der Waals surface area contributed by atoms with E-state index in [1.807, 2.05) is 36.9 Å². The van der Waals surface area contributed by atoms with Gasteiger partial charge in [-0.25, -0.2) is 0 Å². The van der Waals surface area contributed by atoms with Crippen molar-refractivity contribution in [2.45, 2.75) is 40.2 Å². The molecule has 0 aromatic carbocycles. The minimum absolute atomic E-state index is 0.0545. The molecule has 1 aromatic heterocycles. The van der Waals surface area contributed by atoms with Crippen LogP contribution in [0.4, 0.5) is 0 Å². The SMILES string of the molecule is CCN(Cc1cccc(C)n1)C(=O)C1(C(N)=S)CC(C)C1. The highest BCUT2D eigenvalue weighted by Crippen LogP contribution is 2.47. The van der Waals surface area contributed by atoms with Crippen LogP contribution in [-0.2, 0) is 11.3 Å². The minimum Gasteiger partial charge on any atom is -0.392 e. The van der Waals surface area contributed by atoms with Crippen molar-refractivity contribution in [1.29, 1.82) is 0 Å². The van der Waals surface area contributed by atoms with Gasteiger partial charge in [-0.05, 0) is 44.7 Å². The summed E-state index contributed by atoms with van der Waals surface area (Å²) in [5.74, 6) is 0.560. The van der Waals surface area contributed by atoms with Crippen LogP contribution in [0.2, 0.25) is 0 Å². The average molecular weight is 305 g/mol. The molecular weight excluding hydrogens is 282 g/mol. The highest BCUT2D eigenvalue weighted by Gasteiger charge is 2.52. The first-order valence-corrected chi connectivity index (χ1v) is 7.81. The largest absolute Gasteiger partial charge is 0.392 e. The Morgan fingerprint density at radius 1 is 1.52 bits per heavy atom. The van der Waals surface area contributed by atoms with Gasteiger partial charge in [0.05, 0.1) is 22.6 Å². The summed E-state index contributed by atoms with van der Waals surface area (Å²) in [7, 11) is 0. The number of hydrogen-bond donors (Lipinski definition) is 1. The fraction of sp³-hybridized carbons (Fsp3) is 0.562. The number of carbonyl (C=O) groups is 1. The summed E-state index contributed by atoms with van der Waals surface area (Å²) in [5.41, 5.74) is 7.10. The van der Waals surface area contributed by atoms with E-state index in [0.717, 1.165) is 24.2 Å². The molecule has 0 atom stereocenters. The third kappa shape index (κ3) is 3.07. The molecule has 1 aliphatic rings. The van der Waals surface area contributed by atoms with Gasteiger partial charge >= 0.3 is 0 Å². The molecule has 0 spiro atoms. The van der Waals surface area contributed by atoms with E-state index in [2.05, 4.69) is 11.9 Å². The fourth-order valence-corrected chi connectivity index (χ4v) is 3.38. The molecule has 0 radical (unpaired) electrons. The highest BCUT2D eigenvalue weighted by molar-refractivity contribution is 7.80. The van der Waals surface area contributed by atoms with Crippen molar-refractivity contribution in [3.63, 3.8) is 0 Å². The molecule has 1 fully saturated rings. The molecule has 4 nitrogen and oxygen atoms in total. The van der Waals surface area contributed by atoms with Crippen LogP contribution in [0.1, 0.15) is 38.1 Å². The van der Waals surface area contributed by atoms with E-state index in [9.17, 15) is 4.79 Å². The van der Waals surface area contributed by atoms with E-state index >= 15 is 0 Å². The number of hydrogen-bond acceptors (Lipinski definition) is 3. The Bertz CT molecular complexity index is 552. The molecule has 5 heteroatoms. The third-order valence-corrected chi connectivity index (χ3v) is 4.63. The van der Waals surface area contributed by atoms with Crippen molar-refractivity contribution in [2.75, 3.05) is 6.54 Å². The van der Waals surface area contributed by atoms with Crippen LogP contribution < -0.4 is 5.73 Å². The molecule has 0 aliphatic heterocycles. The molecule has 1 amide bonds. The molecule has 2 rings (SSSR count). The summed E-state index contributed by atoms with van der Waals surface area (Å²) in [6.07, 6.45) is 1.53. The van der Waals surface area contributed by atoms with Crippen LogP contribution in [0.15, 0.2) is 18.2 Å². The maximum Gasteiger partial charge on any atom is 0.235 e. The summed E-state index contributed by atoms with van der Waals surface area (Å²) < 4.78 is 0. The van der Waals surface area contributed by atoms with Crippen molar-refractivity contribution in [2.24, 2.45) is 17.1 Å². The normalized spacial score (nSPS) is 24.2. The van der Waals surface area contributed by atoms with Crippen molar-refractivity contribution < 1.29 is 4.79 Å². The van der Waals surface area contributed by atoms with Crippen LogP contribution in [0.3, 0.4) is 0 Å².